The summed E-state index contributed by atoms with van der Waals surface area (Å²) in [5.74, 6) is -0.446. The molecule has 1 fully saturated rings. The van der Waals surface area contributed by atoms with Gasteiger partial charge < -0.3 is 0 Å². The normalized spacial score (nSPS) is 16.6. The highest BCUT2D eigenvalue weighted by atomic mass is 32.2. The lowest BCUT2D eigenvalue weighted by Gasteiger charge is -2.16. The Balaban J connectivity index is 1.95. The molecule has 0 atom stereocenters. The third-order valence-corrected chi connectivity index (χ3v) is 4.62. The summed E-state index contributed by atoms with van der Waals surface area (Å²) >= 11 is 6.60. The highest BCUT2D eigenvalue weighted by molar-refractivity contribution is 8.27. The number of nitrogens with zero attached hydrogens (tertiary/aromatic N) is 1. The van der Waals surface area contributed by atoms with Gasteiger partial charge in [-0.1, -0.05) is 54.3 Å². The van der Waals surface area contributed by atoms with Gasteiger partial charge in [-0.15, -0.1) is 0 Å². The zero-order valence-corrected chi connectivity index (χ0v) is 13.4. The summed E-state index contributed by atoms with van der Waals surface area (Å²) < 4.78 is 13.5. The van der Waals surface area contributed by atoms with Crippen LogP contribution in [-0.2, 0) is 4.79 Å². The smallest absolute Gasteiger partial charge is 0.268 e. The minimum atomic E-state index is -0.301. The molecule has 1 amide bonds. The maximum absolute atomic E-state index is 12.9. The Bertz CT molecular complexity index is 784. The van der Waals surface area contributed by atoms with Gasteiger partial charge in [0.2, 0.25) is 0 Å². The number of hydrogen-bond acceptors (Lipinski definition) is 3. The highest BCUT2D eigenvalue weighted by Gasteiger charge is 2.33. The fraction of sp³-hybridized carbons (Fsp3) is 0.0588. The van der Waals surface area contributed by atoms with Gasteiger partial charge in [0.1, 0.15) is 5.82 Å². The average molecular weight is 329 g/mol. The van der Waals surface area contributed by atoms with Gasteiger partial charge in [0.05, 0.1) is 10.6 Å². The molecule has 0 aromatic heterocycles. The molecule has 0 aliphatic carbocycles. The van der Waals surface area contributed by atoms with E-state index in [0.29, 0.717) is 9.23 Å². The maximum atomic E-state index is 12.9. The van der Waals surface area contributed by atoms with Gasteiger partial charge in [-0.05, 0) is 42.3 Å². The van der Waals surface area contributed by atoms with Crippen LogP contribution in [0.3, 0.4) is 0 Å². The Morgan fingerprint density at radius 2 is 1.82 bits per heavy atom. The standard InChI is InChI=1S/C17H12FNOS2/c1-11-4-2-3-5-14(11)19-16(20)15(22-17(19)21)10-12-6-8-13(18)9-7-12/h2-10H,1H3/b15-10+. The number of aryl methyl sites for hydroxylation is 1. The van der Waals surface area contributed by atoms with Crippen molar-refractivity contribution in [3.63, 3.8) is 0 Å². The fourth-order valence-corrected chi connectivity index (χ4v) is 3.48. The van der Waals surface area contributed by atoms with Gasteiger partial charge in [0, 0.05) is 0 Å². The fourth-order valence-electron chi connectivity index (χ4n) is 2.20. The van der Waals surface area contributed by atoms with Crippen molar-refractivity contribution in [2.45, 2.75) is 6.92 Å². The molecule has 2 nitrogen and oxygen atoms in total. The first kappa shape index (κ1) is 14.9. The van der Waals surface area contributed by atoms with Crippen molar-refractivity contribution in [1.82, 2.24) is 0 Å². The van der Waals surface area contributed by atoms with Crippen molar-refractivity contribution in [2.24, 2.45) is 0 Å². The highest BCUT2D eigenvalue weighted by Crippen LogP contribution is 2.37. The molecule has 1 aliphatic heterocycles. The van der Waals surface area contributed by atoms with Crippen LogP contribution in [0, 0.1) is 12.7 Å². The molecule has 22 heavy (non-hydrogen) atoms. The van der Waals surface area contributed by atoms with E-state index in [4.69, 9.17) is 12.2 Å². The third-order valence-electron chi connectivity index (χ3n) is 3.32. The van der Waals surface area contributed by atoms with Crippen molar-refractivity contribution in [3.8, 4) is 0 Å². The monoisotopic (exact) mass is 329 g/mol. The number of benzene rings is 2. The predicted octanol–water partition coefficient (Wildman–Crippen LogP) is 4.54. The summed E-state index contributed by atoms with van der Waals surface area (Å²) in [7, 11) is 0. The number of thioether (sulfide) groups is 1. The zero-order valence-electron chi connectivity index (χ0n) is 11.7. The third kappa shape index (κ3) is 2.82. The minimum Gasteiger partial charge on any atom is -0.268 e. The molecule has 2 aromatic rings. The molecule has 0 saturated carbocycles. The number of para-hydroxylation sites is 1. The number of hydrogen-bond donors (Lipinski definition) is 0. The lowest BCUT2D eigenvalue weighted by molar-refractivity contribution is -0.113. The van der Waals surface area contributed by atoms with E-state index < -0.39 is 0 Å². The first-order valence-corrected chi connectivity index (χ1v) is 7.88. The topological polar surface area (TPSA) is 20.3 Å². The second-order valence-electron chi connectivity index (χ2n) is 4.86. The SMILES string of the molecule is Cc1ccccc1N1C(=O)/C(=C\c2ccc(F)cc2)SC1=S. The van der Waals surface area contributed by atoms with Crippen LogP contribution in [-0.4, -0.2) is 10.2 Å². The first-order valence-electron chi connectivity index (χ1n) is 6.65. The molecule has 0 unspecified atom stereocenters. The van der Waals surface area contributed by atoms with E-state index in [9.17, 15) is 9.18 Å². The number of halogens is 1. The van der Waals surface area contributed by atoms with Crippen molar-refractivity contribution < 1.29 is 9.18 Å². The van der Waals surface area contributed by atoms with Gasteiger partial charge >= 0.3 is 0 Å². The lowest BCUT2D eigenvalue weighted by atomic mass is 10.1. The molecule has 3 rings (SSSR count). The van der Waals surface area contributed by atoms with E-state index in [0.717, 1.165) is 16.8 Å². The van der Waals surface area contributed by atoms with E-state index in [-0.39, 0.29) is 11.7 Å². The molecule has 110 valence electrons. The first-order chi connectivity index (χ1) is 10.6. The van der Waals surface area contributed by atoms with Gasteiger partial charge in [-0.3, -0.25) is 9.69 Å². The summed E-state index contributed by atoms with van der Waals surface area (Å²) in [6.45, 7) is 1.94. The molecule has 1 saturated heterocycles. The molecule has 2 aromatic carbocycles. The van der Waals surface area contributed by atoms with Crippen molar-refractivity contribution in [3.05, 3.63) is 70.4 Å². The molecule has 1 heterocycles. The second-order valence-corrected chi connectivity index (χ2v) is 6.53. The summed E-state index contributed by atoms with van der Waals surface area (Å²) in [5, 5.41) is 0. The average Bonchev–Trinajstić information content (AvgIpc) is 2.77. The maximum Gasteiger partial charge on any atom is 0.270 e. The van der Waals surface area contributed by atoms with Gasteiger partial charge in [0.15, 0.2) is 4.32 Å². The number of amides is 1. The number of thiocarbonyl (C=S) groups is 1. The van der Waals surface area contributed by atoms with E-state index in [2.05, 4.69) is 0 Å². The molecule has 0 radical (unpaired) electrons. The van der Waals surface area contributed by atoms with Crippen LogP contribution in [0.1, 0.15) is 11.1 Å². The van der Waals surface area contributed by atoms with Crippen molar-refractivity contribution in [1.29, 1.82) is 0 Å². The van der Waals surface area contributed by atoms with Crippen LogP contribution in [0.15, 0.2) is 53.4 Å². The largest absolute Gasteiger partial charge is 0.270 e. The van der Waals surface area contributed by atoms with Gasteiger partial charge in [-0.2, -0.15) is 0 Å². The Labute approximate surface area is 137 Å². The molecule has 0 N–H and O–H groups in total. The number of anilines is 1. The van der Waals surface area contributed by atoms with Crippen LogP contribution >= 0.6 is 24.0 Å². The minimum absolute atomic E-state index is 0.145. The molecule has 1 aliphatic rings. The second kappa shape index (κ2) is 6.02. The molecular weight excluding hydrogens is 317 g/mol. The Hall–Kier alpha value is -1.98. The van der Waals surface area contributed by atoms with E-state index >= 15 is 0 Å². The number of carbonyl (C=O) groups is 1. The quantitative estimate of drug-likeness (QED) is 0.596. The summed E-state index contributed by atoms with van der Waals surface area (Å²) in [6, 6.07) is 13.6. The van der Waals surface area contributed by atoms with E-state index in [1.54, 1.807) is 23.1 Å². The van der Waals surface area contributed by atoms with E-state index in [1.165, 1.54) is 23.9 Å². The van der Waals surface area contributed by atoms with Crippen molar-refractivity contribution >= 4 is 46.0 Å². The van der Waals surface area contributed by atoms with Gasteiger partial charge in [0.25, 0.3) is 5.91 Å². The Morgan fingerprint density at radius 3 is 2.50 bits per heavy atom. The van der Waals surface area contributed by atoms with Crippen LogP contribution in [0.4, 0.5) is 10.1 Å². The molecule has 5 heteroatoms. The van der Waals surface area contributed by atoms with Crippen LogP contribution in [0.2, 0.25) is 0 Å². The summed E-state index contributed by atoms with van der Waals surface area (Å²) in [5.41, 5.74) is 2.56. The van der Waals surface area contributed by atoms with Crippen LogP contribution < -0.4 is 4.90 Å². The Kier molecular flexibility index (Phi) is 4.09. The zero-order chi connectivity index (χ0) is 15.7. The predicted molar refractivity (Wildman–Crippen MR) is 93.2 cm³/mol. The van der Waals surface area contributed by atoms with Crippen LogP contribution in [0.25, 0.3) is 6.08 Å². The number of carbonyl (C=O) groups excluding carboxylic acids is 1. The summed E-state index contributed by atoms with van der Waals surface area (Å²) in [6.07, 6.45) is 1.73. The van der Waals surface area contributed by atoms with Crippen molar-refractivity contribution in [2.75, 3.05) is 4.90 Å². The molecule has 0 spiro atoms. The number of rotatable bonds is 2. The Morgan fingerprint density at radius 1 is 1.14 bits per heavy atom. The van der Waals surface area contributed by atoms with E-state index in [1.807, 2.05) is 31.2 Å². The van der Waals surface area contributed by atoms with Crippen LogP contribution in [0.5, 0.6) is 0 Å². The molecular formula is C17H12FNOS2. The van der Waals surface area contributed by atoms with Gasteiger partial charge in [-0.25, -0.2) is 4.39 Å². The summed E-state index contributed by atoms with van der Waals surface area (Å²) in [4.78, 5) is 14.7. The molecule has 0 bridgehead atoms. The lowest BCUT2D eigenvalue weighted by Crippen LogP contribution is -2.28.